The third-order valence-electron chi connectivity index (χ3n) is 1.62. The van der Waals surface area contributed by atoms with Crippen LogP contribution in [0, 0.1) is 0 Å². The van der Waals surface area contributed by atoms with Gasteiger partial charge >= 0.3 is 0 Å². The van der Waals surface area contributed by atoms with Crippen LogP contribution in [-0.2, 0) is 4.79 Å². The van der Waals surface area contributed by atoms with Crippen molar-refractivity contribution in [2.45, 2.75) is 19.4 Å². The van der Waals surface area contributed by atoms with Crippen LogP contribution in [0.15, 0.2) is 24.5 Å². The Morgan fingerprint density at radius 3 is 3.08 bits per heavy atom. The lowest BCUT2D eigenvalue weighted by Crippen LogP contribution is -2.26. The molecule has 0 spiro atoms. The number of carbonyl (C=O) groups is 1. The lowest BCUT2D eigenvalue weighted by atomic mass is 10.2. The maximum Gasteiger partial charge on any atom is 0.253 e. The summed E-state index contributed by atoms with van der Waals surface area (Å²) in [5.41, 5.74) is 0.597. The van der Waals surface area contributed by atoms with Crippen molar-refractivity contribution in [1.82, 2.24) is 4.98 Å². The highest BCUT2D eigenvalue weighted by atomic mass is 16.3. The lowest BCUT2D eigenvalue weighted by Gasteiger charge is -2.07. The first kappa shape index (κ1) is 9.67. The molecule has 0 radical (unpaired) electrons. The van der Waals surface area contributed by atoms with Gasteiger partial charge in [-0.05, 0) is 18.6 Å². The molecule has 0 aliphatic heterocycles. The number of carbonyl (C=O) groups excluding carboxylic acids is 1. The summed E-state index contributed by atoms with van der Waals surface area (Å²) in [6, 6.07) is 3.43. The van der Waals surface area contributed by atoms with E-state index in [1.807, 2.05) is 0 Å². The summed E-state index contributed by atoms with van der Waals surface area (Å²) in [6.07, 6.45) is 2.61. The molecule has 13 heavy (non-hydrogen) atoms. The van der Waals surface area contributed by atoms with E-state index in [9.17, 15) is 4.79 Å². The molecule has 1 unspecified atom stereocenters. The van der Waals surface area contributed by atoms with Gasteiger partial charge in [0, 0.05) is 6.20 Å². The van der Waals surface area contributed by atoms with Crippen molar-refractivity contribution in [3.63, 3.8) is 0 Å². The molecule has 1 aromatic rings. The van der Waals surface area contributed by atoms with E-state index in [0.29, 0.717) is 12.1 Å². The fraction of sp³-hybridized carbons (Fsp3) is 0.333. The molecule has 1 aromatic heterocycles. The highest BCUT2D eigenvalue weighted by Gasteiger charge is 2.11. The summed E-state index contributed by atoms with van der Waals surface area (Å²) in [6.45, 7) is 1.74. The number of hydrogen-bond acceptors (Lipinski definition) is 3. The molecule has 4 nitrogen and oxygen atoms in total. The second kappa shape index (κ2) is 4.57. The van der Waals surface area contributed by atoms with Crippen LogP contribution in [0.2, 0.25) is 0 Å². The fourth-order valence-electron chi connectivity index (χ4n) is 0.848. The van der Waals surface area contributed by atoms with E-state index in [1.54, 1.807) is 25.3 Å². The number of aromatic nitrogens is 1. The van der Waals surface area contributed by atoms with Gasteiger partial charge in [0.1, 0.15) is 6.10 Å². The standard InChI is InChI=1S/C9H12N2O2/c1-2-8(12)9(13)11-7-4-3-5-10-6-7/h3-6,8,12H,2H2,1H3,(H,11,13). The summed E-state index contributed by atoms with van der Waals surface area (Å²) in [5, 5.41) is 11.7. The Morgan fingerprint density at radius 2 is 2.54 bits per heavy atom. The summed E-state index contributed by atoms with van der Waals surface area (Å²) in [5.74, 6) is -0.393. The van der Waals surface area contributed by atoms with Crippen molar-refractivity contribution in [2.75, 3.05) is 5.32 Å². The zero-order valence-corrected chi connectivity index (χ0v) is 7.40. The second-order valence-corrected chi connectivity index (χ2v) is 2.65. The Hall–Kier alpha value is -1.42. The van der Waals surface area contributed by atoms with Crippen molar-refractivity contribution in [1.29, 1.82) is 0 Å². The summed E-state index contributed by atoms with van der Waals surface area (Å²) >= 11 is 0. The van der Waals surface area contributed by atoms with E-state index < -0.39 is 12.0 Å². The molecular weight excluding hydrogens is 168 g/mol. The molecule has 0 saturated carbocycles. The largest absolute Gasteiger partial charge is 0.383 e. The maximum atomic E-state index is 11.2. The molecule has 1 rings (SSSR count). The number of rotatable bonds is 3. The van der Waals surface area contributed by atoms with Gasteiger partial charge in [-0.3, -0.25) is 9.78 Å². The summed E-state index contributed by atoms with van der Waals surface area (Å²) < 4.78 is 0. The van der Waals surface area contributed by atoms with Gasteiger partial charge in [-0.25, -0.2) is 0 Å². The van der Waals surface area contributed by atoms with Crippen molar-refractivity contribution in [2.24, 2.45) is 0 Å². The van der Waals surface area contributed by atoms with Gasteiger partial charge in [-0.15, -0.1) is 0 Å². The van der Waals surface area contributed by atoms with E-state index in [-0.39, 0.29) is 0 Å². The molecule has 1 atom stereocenters. The minimum atomic E-state index is -0.944. The zero-order valence-electron chi connectivity index (χ0n) is 7.40. The van der Waals surface area contributed by atoms with Gasteiger partial charge < -0.3 is 10.4 Å². The average molecular weight is 180 g/mol. The number of nitrogens with one attached hydrogen (secondary N) is 1. The number of nitrogens with zero attached hydrogens (tertiary/aromatic N) is 1. The monoisotopic (exact) mass is 180 g/mol. The molecule has 0 aromatic carbocycles. The van der Waals surface area contributed by atoms with Crippen LogP contribution in [0.5, 0.6) is 0 Å². The number of aliphatic hydroxyl groups is 1. The molecule has 0 aliphatic rings. The highest BCUT2D eigenvalue weighted by Crippen LogP contribution is 2.04. The van der Waals surface area contributed by atoms with Crippen LogP contribution in [-0.4, -0.2) is 22.1 Å². The molecule has 0 fully saturated rings. The van der Waals surface area contributed by atoms with Crippen LogP contribution in [0.1, 0.15) is 13.3 Å². The highest BCUT2D eigenvalue weighted by molar-refractivity contribution is 5.93. The van der Waals surface area contributed by atoms with Crippen LogP contribution in [0.25, 0.3) is 0 Å². The van der Waals surface area contributed by atoms with Gasteiger partial charge in [-0.1, -0.05) is 6.92 Å². The average Bonchev–Trinajstić information content (AvgIpc) is 2.18. The summed E-state index contributed by atoms with van der Waals surface area (Å²) in [4.78, 5) is 15.0. The molecule has 0 aliphatic carbocycles. The Balaban J connectivity index is 2.55. The normalized spacial score (nSPS) is 12.2. The quantitative estimate of drug-likeness (QED) is 0.723. The van der Waals surface area contributed by atoms with E-state index in [1.165, 1.54) is 6.20 Å². The van der Waals surface area contributed by atoms with Gasteiger partial charge in [0.25, 0.3) is 5.91 Å². The number of hydrogen-bond donors (Lipinski definition) is 2. The molecule has 0 bridgehead atoms. The zero-order chi connectivity index (χ0) is 9.68. The first-order valence-corrected chi connectivity index (χ1v) is 4.13. The van der Waals surface area contributed by atoms with E-state index in [4.69, 9.17) is 5.11 Å². The van der Waals surface area contributed by atoms with Crippen LogP contribution < -0.4 is 5.32 Å². The van der Waals surface area contributed by atoms with Crippen molar-refractivity contribution in [3.8, 4) is 0 Å². The second-order valence-electron chi connectivity index (χ2n) is 2.65. The molecule has 2 N–H and O–H groups in total. The third-order valence-corrected chi connectivity index (χ3v) is 1.62. The molecule has 0 saturated heterocycles. The van der Waals surface area contributed by atoms with Crippen LogP contribution in [0.3, 0.4) is 0 Å². The smallest absolute Gasteiger partial charge is 0.253 e. The van der Waals surface area contributed by atoms with E-state index in [2.05, 4.69) is 10.3 Å². The third kappa shape index (κ3) is 2.83. The Bertz CT molecular complexity index is 274. The predicted molar refractivity (Wildman–Crippen MR) is 49.2 cm³/mol. The van der Waals surface area contributed by atoms with Gasteiger partial charge in [0.05, 0.1) is 11.9 Å². The minimum absolute atomic E-state index is 0.393. The number of aliphatic hydroxyl groups excluding tert-OH is 1. The van der Waals surface area contributed by atoms with Crippen LogP contribution in [0.4, 0.5) is 5.69 Å². The fourth-order valence-corrected chi connectivity index (χ4v) is 0.848. The molecule has 1 amide bonds. The molecular formula is C9H12N2O2. The van der Waals surface area contributed by atoms with Gasteiger partial charge in [0.15, 0.2) is 0 Å². The first-order chi connectivity index (χ1) is 6.24. The first-order valence-electron chi connectivity index (χ1n) is 4.13. The van der Waals surface area contributed by atoms with Gasteiger partial charge in [-0.2, -0.15) is 0 Å². The summed E-state index contributed by atoms with van der Waals surface area (Å²) in [7, 11) is 0. The Kier molecular flexibility index (Phi) is 3.40. The van der Waals surface area contributed by atoms with Crippen molar-refractivity contribution >= 4 is 11.6 Å². The molecule has 4 heteroatoms. The van der Waals surface area contributed by atoms with Gasteiger partial charge in [0.2, 0.25) is 0 Å². The number of anilines is 1. The molecule has 1 heterocycles. The minimum Gasteiger partial charge on any atom is -0.383 e. The molecule has 70 valence electrons. The van der Waals surface area contributed by atoms with Crippen molar-refractivity contribution in [3.05, 3.63) is 24.5 Å². The van der Waals surface area contributed by atoms with Crippen molar-refractivity contribution < 1.29 is 9.90 Å². The topological polar surface area (TPSA) is 62.2 Å². The van der Waals surface area contributed by atoms with Crippen LogP contribution >= 0.6 is 0 Å². The number of amides is 1. The predicted octanol–water partition coefficient (Wildman–Crippen LogP) is 0.791. The Labute approximate surface area is 76.6 Å². The number of pyridine rings is 1. The van der Waals surface area contributed by atoms with E-state index in [0.717, 1.165) is 0 Å². The SMILES string of the molecule is CCC(O)C(=O)Nc1cccnc1. The Morgan fingerprint density at radius 1 is 1.77 bits per heavy atom. The maximum absolute atomic E-state index is 11.2. The lowest BCUT2D eigenvalue weighted by molar-refractivity contribution is -0.124. The van der Waals surface area contributed by atoms with E-state index >= 15 is 0 Å².